The number of nitrogens with zero attached hydrogens (tertiary/aromatic N) is 3. The number of aryl methyl sites for hydroxylation is 2. The predicted molar refractivity (Wildman–Crippen MR) is 174 cm³/mol. The lowest BCUT2D eigenvalue weighted by Crippen LogP contribution is -2.36. The third-order valence-corrected chi connectivity index (χ3v) is 9.13. The summed E-state index contributed by atoms with van der Waals surface area (Å²) in [5.41, 5.74) is 9.72. The molecule has 0 bridgehead atoms. The zero-order valence-electron chi connectivity index (χ0n) is 26.1. The highest BCUT2D eigenvalue weighted by atomic mass is 16.5. The summed E-state index contributed by atoms with van der Waals surface area (Å²) in [6, 6.07) is 21.5. The van der Waals surface area contributed by atoms with Crippen molar-refractivity contribution in [3.05, 3.63) is 94.7 Å². The van der Waals surface area contributed by atoms with Crippen molar-refractivity contribution < 1.29 is 24.2 Å². The van der Waals surface area contributed by atoms with Crippen molar-refractivity contribution in [1.82, 2.24) is 14.7 Å². The van der Waals surface area contributed by atoms with Crippen LogP contribution in [0.25, 0.3) is 16.8 Å². The number of anilines is 1. The first-order valence-corrected chi connectivity index (χ1v) is 15.8. The van der Waals surface area contributed by atoms with Gasteiger partial charge in [-0.25, -0.2) is 14.3 Å². The summed E-state index contributed by atoms with van der Waals surface area (Å²) in [5.74, 6) is 0.262. The van der Waals surface area contributed by atoms with Gasteiger partial charge in [-0.2, -0.15) is 5.10 Å². The third kappa shape index (κ3) is 5.99. The van der Waals surface area contributed by atoms with Gasteiger partial charge < -0.3 is 24.8 Å². The van der Waals surface area contributed by atoms with Crippen LogP contribution >= 0.6 is 0 Å². The number of piperidine rings is 1. The van der Waals surface area contributed by atoms with E-state index in [9.17, 15) is 14.7 Å². The van der Waals surface area contributed by atoms with Crippen molar-refractivity contribution in [2.45, 2.75) is 57.9 Å². The van der Waals surface area contributed by atoms with Gasteiger partial charge in [0.05, 0.1) is 31.6 Å². The number of amides is 1. The van der Waals surface area contributed by atoms with E-state index < -0.39 is 12.1 Å². The van der Waals surface area contributed by atoms with Crippen LogP contribution in [0.4, 0.5) is 10.5 Å². The van der Waals surface area contributed by atoms with Crippen LogP contribution in [0.5, 0.6) is 5.88 Å². The molecule has 234 valence electrons. The maximum Gasteiger partial charge on any atom is 0.407 e. The lowest BCUT2D eigenvalue weighted by Gasteiger charge is -2.31. The maximum atomic E-state index is 12.5. The monoisotopic (exact) mass is 608 g/mol. The number of carboxylic acid groups (broad SMARTS) is 1. The van der Waals surface area contributed by atoms with Gasteiger partial charge >= 0.3 is 12.1 Å². The number of fused-ring (bicyclic) bond motifs is 1. The minimum absolute atomic E-state index is 0.156. The fourth-order valence-electron chi connectivity index (χ4n) is 6.94. The standard InChI is InChI=1S/C36H40N4O5/c1-4-23-20-27(13-14-29(23)24-16-18-39(19-17-24)36(42)43)38-32-15-12-25-8-7-11-30(33(25)32)26-9-6-10-28(21-26)40-34(44-3)31(22-37-40)35(41)45-5-2/h6-11,13-14,20-22,24,32,38H,4-5,12,15-19H2,1-3H3,(H,42,43). The van der Waals surface area contributed by atoms with Crippen molar-refractivity contribution in [3.8, 4) is 22.7 Å². The van der Waals surface area contributed by atoms with E-state index in [0.717, 1.165) is 49.0 Å². The SMILES string of the molecule is CCOC(=O)c1cnn(-c2cccc(-c3cccc4c3C(Nc3ccc(C5CCN(C(=O)O)CC5)c(CC)c3)CC4)c2)c1OC. The first-order chi connectivity index (χ1) is 21.9. The Labute approximate surface area is 263 Å². The molecule has 1 unspecified atom stereocenters. The molecule has 1 aliphatic carbocycles. The molecule has 1 atom stereocenters. The fourth-order valence-corrected chi connectivity index (χ4v) is 6.94. The summed E-state index contributed by atoms with van der Waals surface area (Å²) >= 11 is 0. The van der Waals surface area contributed by atoms with Crippen LogP contribution in [0.3, 0.4) is 0 Å². The summed E-state index contributed by atoms with van der Waals surface area (Å²) in [5, 5.41) is 17.7. The van der Waals surface area contributed by atoms with E-state index in [1.54, 1.807) is 11.6 Å². The quantitative estimate of drug-likeness (QED) is 0.193. The molecule has 0 saturated carbocycles. The number of hydrogen-bond acceptors (Lipinski definition) is 6. The average molecular weight is 609 g/mol. The van der Waals surface area contributed by atoms with Crippen LogP contribution in [0, 0.1) is 0 Å². The number of carbonyl (C=O) groups is 2. The third-order valence-electron chi connectivity index (χ3n) is 9.13. The van der Waals surface area contributed by atoms with E-state index in [0.29, 0.717) is 24.9 Å². The van der Waals surface area contributed by atoms with E-state index in [1.165, 1.54) is 46.0 Å². The Balaban J connectivity index is 1.26. The second-order valence-corrected chi connectivity index (χ2v) is 11.7. The Hall–Kier alpha value is -4.79. The van der Waals surface area contributed by atoms with Gasteiger partial charge in [0, 0.05) is 18.8 Å². The first kappa shape index (κ1) is 30.2. The number of nitrogens with one attached hydrogen (secondary N) is 1. The van der Waals surface area contributed by atoms with Gasteiger partial charge in [0.2, 0.25) is 5.88 Å². The lowest BCUT2D eigenvalue weighted by atomic mass is 9.85. The number of aromatic nitrogens is 2. The predicted octanol–water partition coefficient (Wildman–Crippen LogP) is 7.24. The summed E-state index contributed by atoms with van der Waals surface area (Å²) in [4.78, 5) is 25.4. The number of ether oxygens (including phenoxy) is 2. The Kier molecular flexibility index (Phi) is 8.78. The molecular formula is C36H40N4O5. The molecule has 1 fully saturated rings. The van der Waals surface area contributed by atoms with Crippen molar-refractivity contribution in [2.75, 3.05) is 32.1 Å². The van der Waals surface area contributed by atoms with E-state index in [1.807, 2.05) is 12.1 Å². The van der Waals surface area contributed by atoms with E-state index in [2.05, 4.69) is 65.9 Å². The highest BCUT2D eigenvalue weighted by Gasteiger charge is 2.28. The summed E-state index contributed by atoms with van der Waals surface area (Å²) in [6.45, 7) is 5.41. The van der Waals surface area contributed by atoms with E-state index in [4.69, 9.17) is 9.47 Å². The average Bonchev–Trinajstić information content (AvgIpc) is 3.69. The van der Waals surface area contributed by atoms with E-state index in [-0.39, 0.29) is 18.2 Å². The molecule has 9 nitrogen and oxygen atoms in total. The molecule has 0 radical (unpaired) electrons. The summed E-state index contributed by atoms with van der Waals surface area (Å²) in [7, 11) is 1.53. The lowest BCUT2D eigenvalue weighted by molar-refractivity contribution is 0.0522. The number of benzene rings is 3. The van der Waals surface area contributed by atoms with Crippen molar-refractivity contribution >= 4 is 17.7 Å². The molecule has 2 heterocycles. The van der Waals surface area contributed by atoms with Crippen LogP contribution in [0.1, 0.15) is 77.7 Å². The highest BCUT2D eigenvalue weighted by molar-refractivity contribution is 5.92. The topological polar surface area (TPSA) is 106 Å². The van der Waals surface area contributed by atoms with Crippen LogP contribution in [0.2, 0.25) is 0 Å². The molecule has 6 rings (SSSR count). The molecule has 1 aliphatic heterocycles. The smallest absolute Gasteiger partial charge is 0.407 e. The molecule has 3 aromatic carbocycles. The molecule has 2 N–H and O–H groups in total. The Morgan fingerprint density at radius 3 is 2.56 bits per heavy atom. The Morgan fingerprint density at radius 2 is 1.82 bits per heavy atom. The number of rotatable bonds is 9. The molecule has 1 amide bonds. The fraction of sp³-hybridized carbons (Fsp3) is 0.361. The van der Waals surface area contributed by atoms with Crippen molar-refractivity contribution in [3.63, 3.8) is 0 Å². The van der Waals surface area contributed by atoms with Gasteiger partial charge in [-0.15, -0.1) is 0 Å². The minimum atomic E-state index is -0.823. The minimum Gasteiger partial charge on any atom is -0.480 e. The maximum absolute atomic E-state index is 12.5. The van der Waals surface area contributed by atoms with Crippen LogP contribution < -0.4 is 10.1 Å². The van der Waals surface area contributed by atoms with Gasteiger partial charge in [0.25, 0.3) is 0 Å². The summed E-state index contributed by atoms with van der Waals surface area (Å²) in [6.07, 6.45) is 5.31. The van der Waals surface area contributed by atoms with Gasteiger partial charge in [0.15, 0.2) is 0 Å². The second kappa shape index (κ2) is 13.1. The number of methoxy groups -OCH3 is 1. The van der Waals surface area contributed by atoms with Crippen LogP contribution in [-0.2, 0) is 17.6 Å². The molecule has 1 aromatic heterocycles. The van der Waals surface area contributed by atoms with E-state index >= 15 is 0 Å². The van der Waals surface area contributed by atoms with Crippen LogP contribution in [-0.4, -0.2) is 58.7 Å². The molecule has 1 saturated heterocycles. The zero-order valence-corrected chi connectivity index (χ0v) is 26.1. The Morgan fingerprint density at radius 1 is 1.02 bits per heavy atom. The molecule has 4 aromatic rings. The molecular weight excluding hydrogens is 568 g/mol. The number of esters is 1. The molecule has 2 aliphatic rings. The summed E-state index contributed by atoms with van der Waals surface area (Å²) < 4.78 is 12.4. The molecule has 45 heavy (non-hydrogen) atoms. The second-order valence-electron chi connectivity index (χ2n) is 11.7. The number of carbonyl (C=O) groups excluding carboxylic acids is 1. The van der Waals surface area contributed by atoms with Gasteiger partial charge in [-0.3, -0.25) is 0 Å². The number of likely N-dealkylation sites (tertiary alicyclic amines) is 1. The highest BCUT2D eigenvalue weighted by Crippen LogP contribution is 2.42. The van der Waals surface area contributed by atoms with Gasteiger partial charge in [-0.05, 0) is 103 Å². The van der Waals surface area contributed by atoms with Gasteiger partial charge in [-0.1, -0.05) is 43.3 Å². The van der Waals surface area contributed by atoms with Crippen LogP contribution in [0.15, 0.2) is 66.9 Å². The normalized spacial score (nSPS) is 16.3. The zero-order chi connectivity index (χ0) is 31.5. The number of hydrogen-bond donors (Lipinski definition) is 2. The first-order valence-electron chi connectivity index (χ1n) is 15.8. The molecule has 0 spiro atoms. The largest absolute Gasteiger partial charge is 0.480 e. The van der Waals surface area contributed by atoms with Gasteiger partial charge in [0.1, 0.15) is 5.56 Å². The van der Waals surface area contributed by atoms with Crippen molar-refractivity contribution in [1.29, 1.82) is 0 Å². The molecule has 9 heteroatoms. The Bertz CT molecular complexity index is 1710. The van der Waals surface area contributed by atoms with Crippen molar-refractivity contribution in [2.24, 2.45) is 0 Å².